The second-order valence-electron chi connectivity index (χ2n) is 6.78. The topological polar surface area (TPSA) is 91.8 Å². The fourth-order valence-electron chi connectivity index (χ4n) is 2.96. The summed E-state index contributed by atoms with van der Waals surface area (Å²) in [4.78, 5) is 25.4. The van der Waals surface area contributed by atoms with E-state index in [0.717, 1.165) is 5.69 Å². The Kier molecular flexibility index (Phi) is 6.23. The molecular weight excluding hydrogens is 431 g/mol. The first-order valence-electron chi connectivity index (χ1n) is 9.64. The Balaban J connectivity index is 1.45. The number of carbonyl (C=O) groups is 1. The van der Waals surface area contributed by atoms with Crippen molar-refractivity contribution in [1.29, 1.82) is 0 Å². The van der Waals surface area contributed by atoms with Crippen LogP contribution in [0.15, 0.2) is 72.9 Å². The van der Waals surface area contributed by atoms with Gasteiger partial charge in [0.25, 0.3) is 5.91 Å². The molecule has 0 aliphatic rings. The monoisotopic (exact) mass is 448 g/mol. The van der Waals surface area contributed by atoms with Crippen molar-refractivity contribution < 1.29 is 9.18 Å². The molecule has 0 aliphatic heterocycles. The van der Waals surface area contributed by atoms with Crippen LogP contribution in [0.4, 0.5) is 33.2 Å². The van der Waals surface area contributed by atoms with Crippen LogP contribution in [-0.2, 0) is 0 Å². The van der Waals surface area contributed by atoms with E-state index in [0.29, 0.717) is 29.0 Å². The second kappa shape index (κ2) is 9.40. The number of anilines is 5. The molecule has 1 amide bonds. The summed E-state index contributed by atoms with van der Waals surface area (Å²) in [7, 11) is 0. The van der Waals surface area contributed by atoms with Crippen LogP contribution in [0.3, 0.4) is 0 Å². The Morgan fingerprint density at radius 2 is 1.59 bits per heavy atom. The molecule has 0 aliphatic carbocycles. The van der Waals surface area contributed by atoms with Gasteiger partial charge in [0.05, 0.1) is 10.6 Å². The molecule has 3 N–H and O–H groups in total. The number of pyridine rings is 1. The first-order chi connectivity index (χ1) is 15.5. The molecule has 2 heterocycles. The van der Waals surface area contributed by atoms with E-state index in [2.05, 4.69) is 30.9 Å². The number of hydrogen-bond acceptors (Lipinski definition) is 6. The number of rotatable bonds is 6. The van der Waals surface area contributed by atoms with Gasteiger partial charge in [0.2, 0.25) is 0 Å². The largest absolute Gasteiger partial charge is 0.340 e. The van der Waals surface area contributed by atoms with Crippen LogP contribution >= 0.6 is 11.6 Å². The molecule has 0 unspecified atom stereocenters. The Hall–Kier alpha value is -4.04. The summed E-state index contributed by atoms with van der Waals surface area (Å²) in [6, 6.07) is 18.3. The molecule has 0 fully saturated rings. The van der Waals surface area contributed by atoms with Crippen LogP contribution < -0.4 is 16.0 Å². The highest BCUT2D eigenvalue weighted by Crippen LogP contribution is 2.23. The first kappa shape index (κ1) is 21.2. The molecule has 0 atom stereocenters. The van der Waals surface area contributed by atoms with Gasteiger partial charge in [-0.3, -0.25) is 4.79 Å². The third-order valence-electron chi connectivity index (χ3n) is 4.36. The van der Waals surface area contributed by atoms with Crippen LogP contribution in [0.25, 0.3) is 0 Å². The molecule has 160 valence electrons. The van der Waals surface area contributed by atoms with Crippen molar-refractivity contribution in [3.63, 3.8) is 0 Å². The molecule has 9 heteroatoms. The number of hydrogen-bond donors (Lipinski definition) is 3. The maximum atomic E-state index is 13.9. The van der Waals surface area contributed by atoms with Crippen LogP contribution in [0.5, 0.6) is 0 Å². The van der Waals surface area contributed by atoms with E-state index in [4.69, 9.17) is 11.6 Å². The molecule has 0 bridgehead atoms. The summed E-state index contributed by atoms with van der Waals surface area (Å²) in [5.74, 6) is 1.15. The van der Waals surface area contributed by atoms with E-state index < -0.39 is 11.7 Å². The second-order valence-corrected chi connectivity index (χ2v) is 7.19. The molecule has 32 heavy (non-hydrogen) atoms. The van der Waals surface area contributed by atoms with Gasteiger partial charge in [0.15, 0.2) is 0 Å². The minimum Gasteiger partial charge on any atom is -0.340 e. The van der Waals surface area contributed by atoms with Gasteiger partial charge in [-0.15, -0.1) is 0 Å². The number of nitrogens with one attached hydrogen (secondary N) is 3. The number of halogens is 2. The zero-order valence-electron chi connectivity index (χ0n) is 16.9. The third kappa shape index (κ3) is 5.16. The Labute approximate surface area is 188 Å². The molecule has 2 aromatic heterocycles. The molecule has 4 rings (SSSR count). The highest BCUT2D eigenvalue weighted by Gasteiger charge is 2.15. The molecular formula is C23H18ClFN6O. The SMILES string of the molecule is Cc1nc(Nc2ccc(NC(=O)c3c(F)cccc3Cl)cc2)cc(Nc2ccccn2)n1. The molecule has 4 aromatic rings. The zero-order valence-corrected chi connectivity index (χ0v) is 17.7. The normalized spacial score (nSPS) is 10.5. The van der Waals surface area contributed by atoms with Crippen molar-refractivity contribution in [1.82, 2.24) is 15.0 Å². The molecule has 0 radical (unpaired) electrons. The van der Waals surface area contributed by atoms with Crippen molar-refractivity contribution in [2.24, 2.45) is 0 Å². The van der Waals surface area contributed by atoms with Crippen molar-refractivity contribution in [3.05, 3.63) is 95.2 Å². The minimum absolute atomic E-state index is 0.0510. The lowest BCUT2D eigenvalue weighted by Crippen LogP contribution is -2.14. The molecule has 0 spiro atoms. The summed E-state index contributed by atoms with van der Waals surface area (Å²) in [5.41, 5.74) is 1.05. The molecule has 0 saturated heterocycles. The Bertz CT molecular complexity index is 1230. The summed E-state index contributed by atoms with van der Waals surface area (Å²) < 4.78 is 13.9. The average Bonchev–Trinajstić information content (AvgIpc) is 2.75. The zero-order chi connectivity index (χ0) is 22.5. The number of aromatic nitrogens is 3. The molecule has 7 nitrogen and oxygen atoms in total. The number of nitrogens with zero attached hydrogens (tertiary/aromatic N) is 3. The minimum atomic E-state index is -0.678. The van der Waals surface area contributed by atoms with E-state index in [1.165, 1.54) is 18.2 Å². The number of benzene rings is 2. The lowest BCUT2D eigenvalue weighted by atomic mass is 10.2. The smallest absolute Gasteiger partial charge is 0.260 e. The highest BCUT2D eigenvalue weighted by molar-refractivity contribution is 6.34. The van der Waals surface area contributed by atoms with Gasteiger partial charge in [-0.1, -0.05) is 23.7 Å². The van der Waals surface area contributed by atoms with Crippen LogP contribution in [0.1, 0.15) is 16.2 Å². The van der Waals surface area contributed by atoms with Gasteiger partial charge >= 0.3 is 0 Å². The van der Waals surface area contributed by atoms with Crippen molar-refractivity contribution in [3.8, 4) is 0 Å². The Morgan fingerprint density at radius 3 is 2.28 bits per heavy atom. The third-order valence-corrected chi connectivity index (χ3v) is 4.68. The van der Waals surface area contributed by atoms with Gasteiger partial charge in [0.1, 0.15) is 29.1 Å². The van der Waals surface area contributed by atoms with Crippen LogP contribution in [0, 0.1) is 12.7 Å². The van der Waals surface area contributed by atoms with Gasteiger partial charge in [0, 0.05) is 23.6 Å². The highest BCUT2D eigenvalue weighted by atomic mass is 35.5. The van der Waals surface area contributed by atoms with Crippen molar-refractivity contribution >= 4 is 46.3 Å². The van der Waals surface area contributed by atoms with Crippen LogP contribution in [0.2, 0.25) is 5.02 Å². The average molecular weight is 449 g/mol. The van der Waals surface area contributed by atoms with Gasteiger partial charge in [-0.05, 0) is 55.5 Å². The number of aryl methyl sites for hydroxylation is 1. The number of carbonyl (C=O) groups excluding carboxylic acids is 1. The van der Waals surface area contributed by atoms with Gasteiger partial charge < -0.3 is 16.0 Å². The molecule has 2 aromatic carbocycles. The van der Waals surface area contributed by atoms with E-state index >= 15 is 0 Å². The fourth-order valence-corrected chi connectivity index (χ4v) is 3.21. The summed E-state index contributed by atoms with van der Waals surface area (Å²) in [5, 5.41) is 9.02. The van der Waals surface area contributed by atoms with Crippen LogP contribution in [-0.4, -0.2) is 20.9 Å². The van der Waals surface area contributed by atoms with Gasteiger partial charge in [-0.2, -0.15) is 0 Å². The van der Waals surface area contributed by atoms with Gasteiger partial charge in [-0.25, -0.2) is 19.3 Å². The predicted octanol–water partition coefficient (Wildman–Crippen LogP) is 5.71. The maximum absolute atomic E-state index is 13.9. The quantitative estimate of drug-likeness (QED) is 0.350. The summed E-state index contributed by atoms with van der Waals surface area (Å²) in [6.07, 6.45) is 1.69. The lowest BCUT2D eigenvalue weighted by Gasteiger charge is -2.11. The van der Waals surface area contributed by atoms with E-state index in [1.54, 1.807) is 43.5 Å². The number of amides is 1. The molecule has 0 saturated carbocycles. The standard InChI is InChI=1S/C23H18ClFN6O/c1-14-27-20(13-21(28-14)31-19-7-2-3-12-26-19)29-15-8-10-16(11-9-15)30-23(32)22-17(24)5-4-6-18(22)25/h2-13H,1H3,(H,30,32)(H2,26,27,28,29,31). The lowest BCUT2D eigenvalue weighted by molar-refractivity contribution is 0.102. The summed E-state index contributed by atoms with van der Waals surface area (Å²) in [6.45, 7) is 1.79. The van der Waals surface area contributed by atoms with E-state index in [-0.39, 0.29) is 10.6 Å². The van der Waals surface area contributed by atoms with Crippen molar-refractivity contribution in [2.75, 3.05) is 16.0 Å². The maximum Gasteiger partial charge on any atom is 0.260 e. The van der Waals surface area contributed by atoms with Crippen molar-refractivity contribution in [2.45, 2.75) is 6.92 Å². The fraction of sp³-hybridized carbons (Fsp3) is 0.0435. The Morgan fingerprint density at radius 1 is 0.875 bits per heavy atom. The first-order valence-corrected chi connectivity index (χ1v) is 10.0. The predicted molar refractivity (Wildman–Crippen MR) is 123 cm³/mol. The van der Waals surface area contributed by atoms with E-state index in [9.17, 15) is 9.18 Å². The van der Waals surface area contributed by atoms with E-state index in [1.807, 2.05) is 18.2 Å². The summed E-state index contributed by atoms with van der Waals surface area (Å²) >= 11 is 5.95.